The van der Waals surface area contributed by atoms with Crippen molar-refractivity contribution in [2.45, 2.75) is 40.5 Å². The third-order valence-corrected chi connectivity index (χ3v) is 7.64. The van der Waals surface area contributed by atoms with E-state index in [1.54, 1.807) is 41.8 Å². The second-order valence-corrected chi connectivity index (χ2v) is 11.2. The van der Waals surface area contributed by atoms with Gasteiger partial charge in [-0.15, -0.1) is 10.2 Å². The predicted molar refractivity (Wildman–Crippen MR) is 165 cm³/mol. The number of hydrogen-bond acceptors (Lipinski definition) is 7. The maximum absolute atomic E-state index is 13.4. The molecule has 1 fully saturated rings. The number of benzene rings is 3. The number of amides is 2. The first-order valence-corrected chi connectivity index (χ1v) is 14.5. The molecule has 1 aliphatic heterocycles. The number of nitrogens with one attached hydrogen (secondary N) is 1. The number of rotatable bonds is 7. The topological polar surface area (TPSA) is 124 Å². The molecule has 2 amide bonds. The number of aromatic nitrogens is 3. The van der Waals surface area contributed by atoms with E-state index in [4.69, 9.17) is 0 Å². The van der Waals surface area contributed by atoms with Crippen molar-refractivity contribution >= 4 is 17.5 Å². The number of carbonyl (C=O) groups is 2. The number of anilines is 1. The minimum absolute atomic E-state index is 0.0230. The molecular formula is C33H37N6O4. The van der Waals surface area contributed by atoms with Crippen LogP contribution in [0.15, 0.2) is 48.5 Å². The molecule has 223 valence electrons. The lowest BCUT2D eigenvalue weighted by Crippen LogP contribution is -2.48. The molecule has 0 unspecified atom stereocenters. The van der Waals surface area contributed by atoms with Gasteiger partial charge >= 0.3 is 0 Å². The molecule has 3 N–H and O–H groups in total. The first-order chi connectivity index (χ1) is 20.6. The molecule has 0 aliphatic carbocycles. The monoisotopic (exact) mass is 581 g/mol. The Bertz CT molecular complexity index is 1630. The Labute approximate surface area is 251 Å². The molecule has 0 bridgehead atoms. The molecule has 1 saturated heterocycles. The first kappa shape index (κ1) is 29.6. The van der Waals surface area contributed by atoms with Gasteiger partial charge in [-0.2, -0.15) is 0 Å². The molecule has 10 heteroatoms. The number of phenolic OH excluding ortho intramolecular Hbond substituents is 2. The summed E-state index contributed by atoms with van der Waals surface area (Å²) in [5.74, 6) is -0.459. The number of aromatic hydroxyl groups is 2. The summed E-state index contributed by atoms with van der Waals surface area (Å²) < 4.78 is 1.55. The van der Waals surface area contributed by atoms with Gasteiger partial charge in [0.25, 0.3) is 11.8 Å². The summed E-state index contributed by atoms with van der Waals surface area (Å²) in [6.45, 7) is 12.8. The molecular weight excluding hydrogens is 544 g/mol. The van der Waals surface area contributed by atoms with Crippen molar-refractivity contribution < 1.29 is 19.8 Å². The van der Waals surface area contributed by atoms with Gasteiger partial charge in [0.15, 0.2) is 5.82 Å². The molecule has 43 heavy (non-hydrogen) atoms. The zero-order chi connectivity index (χ0) is 30.8. The number of piperazine rings is 1. The van der Waals surface area contributed by atoms with Crippen LogP contribution in [0.1, 0.15) is 64.4 Å². The second kappa shape index (κ2) is 12.2. The standard InChI is InChI=1S/C33H37N6O4/c1-6-34-32(42)31-36-35-30(27-18-26(20(2)3)28(40)19-29(27)41)39(31)24-9-7-23(8-10-24)33(43)38-13-11-37(12-14-38)25-16-21(4)15-22(5)17-25/h7-10,16-20,40-41H,6,11-14H2,1-5H3,(H,34,42). The third-order valence-electron chi connectivity index (χ3n) is 7.64. The molecule has 1 radical (unpaired) electrons. The van der Waals surface area contributed by atoms with E-state index in [1.807, 2.05) is 32.6 Å². The molecule has 1 aromatic heterocycles. The Morgan fingerprint density at radius 2 is 1.56 bits per heavy atom. The Kier molecular flexibility index (Phi) is 8.38. The SMILES string of the molecule is CCNC(=O)c1nnc(-c2cc(C(C)C)c(O)cc2O)n1-c1ccc(C(=O)N2CCN(c3cc(C)[c]c(C)c3)CC2)cc1. The van der Waals surface area contributed by atoms with Crippen LogP contribution in [0.5, 0.6) is 11.5 Å². The van der Waals surface area contributed by atoms with Gasteiger partial charge in [-0.3, -0.25) is 14.2 Å². The quantitative estimate of drug-likeness (QED) is 0.292. The molecule has 10 nitrogen and oxygen atoms in total. The molecule has 1 aliphatic rings. The van der Waals surface area contributed by atoms with Crippen molar-refractivity contribution in [1.82, 2.24) is 25.0 Å². The highest BCUT2D eigenvalue weighted by Crippen LogP contribution is 2.38. The number of carbonyl (C=O) groups excluding carboxylic acids is 2. The van der Waals surface area contributed by atoms with Gasteiger partial charge in [-0.1, -0.05) is 13.8 Å². The van der Waals surface area contributed by atoms with Gasteiger partial charge in [0.05, 0.1) is 5.56 Å². The maximum atomic E-state index is 13.4. The van der Waals surface area contributed by atoms with Crippen LogP contribution in [0.3, 0.4) is 0 Å². The van der Waals surface area contributed by atoms with E-state index in [9.17, 15) is 19.8 Å². The molecule has 0 saturated carbocycles. The van der Waals surface area contributed by atoms with E-state index < -0.39 is 5.91 Å². The van der Waals surface area contributed by atoms with Gasteiger partial charge in [-0.05, 0) is 91.9 Å². The number of phenols is 2. The van der Waals surface area contributed by atoms with Gasteiger partial charge in [0.2, 0.25) is 5.82 Å². The van der Waals surface area contributed by atoms with Gasteiger partial charge in [0, 0.05) is 55.7 Å². The summed E-state index contributed by atoms with van der Waals surface area (Å²) in [5.41, 5.74) is 5.37. The fourth-order valence-electron chi connectivity index (χ4n) is 5.48. The third kappa shape index (κ3) is 6.04. The Morgan fingerprint density at radius 1 is 0.907 bits per heavy atom. The molecule has 3 aromatic carbocycles. The average molecular weight is 582 g/mol. The highest BCUT2D eigenvalue weighted by atomic mass is 16.3. The first-order valence-electron chi connectivity index (χ1n) is 14.5. The Hall–Kier alpha value is -4.86. The van der Waals surface area contributed by atoms with Crippen LogP contribution in [-0.4, -0.2) is 74.4 Å². The van der Waals surface area contributed by atoms with Crippen molar-refractivity contribution in [2.75, 3.05) is 37.6 Å². The van der Waals surface area contributed by atoms with Crippen LogP contribution in [0.2, 0.25) is 0 Å². The van der Waals surface area contributed by atoms with E-state index in [-0.39, 0.29) is 35.0 Å². The summed E-state index contributed by atoms with van der Waals surface area (Å²) in [5, 5.41) is 32.3. The Balaban J connectivity index is 1.42. The highest BCUT2D eigenvalue weighted by Gasteiger charge is 2.26. The minimum atomic E-state index is -0.427. The van der Waals surface area contributed by atoms with E-state index in [0.717, 1.165) is 29.9 Å². The summed E-state index contributed by atoms with van der Waals surface area (Å²) in [4.78, 5) is 30.5. The minimum Gasteiger partial charge on any atom is -0.508 e. The van der Waals surface area contributed by atoms with Gasteiger partial charge in [0.1, 0.15) is 11.5 Å². The lowest BCUT2D eigenvalue weighted by Gasteiger charge is -2.36. The van der Waals surface area contributed by atoms with Crippen LogP contribution in [-0.2, 0) is 0 Å². The fraction of sp³-hybridized carbons (Fsp3) is 0.333. The van der Waals surface area contributed by atoms with Crippen molar-refractivity contribution in [3.63, 3.8) is 0 Å². The van der Waals surface area contributed by atoms with E-state index in [0.29, 0.717) is 42.0 Å². The van der Waals surface area contributed by atoms with Crippen molar-refractivity contribution in [2.24, 2.45) is 0 Å². The van der Waals surface area contributed by atoms with E-state index in [1.165, 1.54) is 6.07 Å². The summed E-state index contributed by atoms with van der Waals surface area (Å²) in [6.07, 6.45) is 0. The second-order valence-electron chi connectivity index (χ2n) is 11.2. The zero-order valence-corrected chi connectivity index (χ0v) is 25.2. The smallest absolute Gasteiger partial charge is 0.289 e. The molecule has 5 rings (SSSR count). The molecule has 0 atom stereocenters. The number of aryl methyl sites for hydroxylation is 2. The van der Waals surface area contributed by atoms with Crippen LogP contribution in [0, 0.1) is 19.9 Å². The summed E-state index contributed by atoms with van der Waals surface area (Å²) in [7, 11) is 0. The van der Waals surface area contributed by atoms with Crippen molar-refractivity contribution in [3.8, 4) is 28.6 Å². The van der Waals surface area contributed by atoms with Gasteiger partial charge < -0.3 is 25.3 Å². The fourth-order valence-corrected chi connectivity index (χ4v) is 5.48. The maximum Gasteiger partial charge on any atom is 0.289 e. The van der Waals surface area contributed by atoms with Crippen LogP contribution in [0.25, 0.3) is 17.1 Å². The van der Waals surface area contributed by atoms with Crippen LogP contribution in [0.4, 0.5) is 5.69 Å². The molecule has 2 heterocycles. The Morgan fingerprint density at radius 3 is 2.16 bits per heavy atom. The lowest BCUT2D eigenvalue weighted by molar-refractivity contribution is 0.0746. The predicted octanol–water partition coefficient (Wildman–Crippen LogP) is 4.60. The van der Waals surface area contributed by atoms with E-state index in [2.05, 4.69) is 38.6 Å². The van der Waals surface area contributed by atoms with Crippen LogP contribution < -0.4 is 10.2 Å². The number of nitrogens with zero attached hydrogens (tertiary/aromatic N) is 5. The average Bonchev–Trinajstić information content (AvgIpc) is 3.41. The van der Waals surface area contributed by atoms with Gasteiger partial charge in [-0.25, -0.2) is 0 Å². The van der Waals surface area contributed by atoms with Crippen LogP contribution >= 0.6 is 0 Å². The normalized spacial score (nSPS) is 13.4. The van der Waals surface area contributed by atoms with Crippen molar-refractivity contribution in [3.05, 3.63) is 82.7 Å². The summed E-state index contributed by atoms with van der Waals surface area (Å²) in [6, 6.07) is 17.4. The van der Waals surface area contributed by atoms with E-state index >= 15 is 0 Å². The summed E-state index contributed by atoms with van der Waals surface area (Å²) >= 11 is 0. The molecule has 4 aromatic rings. The molecule has 0 spiro atoms. The lowest BCUT2D eigenvalue weighted by atomic mass is 9.98. The van der Waals surface area contributed by atoms with Crippen molar-refractivity contribution in [1.29, 1.82) is 0 Å². The zero-order valence-electron chi connectivity index (χ0n) is 25.2. The largest absolute Gasteiger partial charge is 0.508 e. The highest BCUT2D eigenvalue weighted by molar-refractivity contribution is 5.95. The number of hydrogen-bond donors (Lipinski definition) is 3.